The zero-order chi connectivity index (χ0) is 15.4. The number of benzene rings is 1. The Bertz CT molecular complexity index is 631. The summed E-state index contributed by atoms with van der Waals surface area (Å²) >= 11 is 0. The second kappa shape index (κ2) is 6.34. The fourth-order valence-corrected chi connectivity index (χ4v) is 1.88. The lowest BCUT2D eigenvalue weighted by atomic mass is 10.1. The molecule has 1 aromatic heterocycles. The van der Waals surface area contributed by atoms with Crippen molar-refractivity contribution in [3.8, 4) is 0 Å². The van der Waals surface area contributed by atoms with Gasteiger partial charge in [0.15, 0.2) is 0 Å². The Balaban J connectivity index is 2.11. The number of aromatic nitrogens is 2. The van der Waals surface area contributed by atoms with Crippen LogP contribution in [0.1, 0.15) is 23.1 Å². The van der Waals surface area contributed by atoms with Crippen LogP contribution in [0, 0.1) is 11.6 Å². The SMILES string of the molecule is CCNc1c(F)cc(C(=O)NCc2nccn2C)cc1F. The molecule has 0 atom stereocenters. The molecule has 0 unspecified atom stereocenters. The molecule has 0 saturated carbocycles. The molecule has 112 valence electrons. The third kappa shape index (κ3) is 3.36. The maximum absolute atomic E-state index is 13.7. The van der Waals surface area contributed by atoms with Crippen LogP contribution in [0.15, 0.2) is 24.5 Å². The van der Waals surface area contributed by atoms with Crippen molar-refractivity contribution in [3.05, 3.63) is 47.5 Å². The summed E-state index contributed by atoms with van der Waals surface area (Å²) in [6.45, 7) is 2.30. The zero-order valence-electron chi connectivity index (χ0n) is 11.8. The van der Waals surface area contributed by atoms with Crippen LogP contribution in [0.2, 0.25) is 0 Å². The smallest absolute Gasteiger partial charge is 0.251 e. The molecule has 0 spiro atoms. The van der Waals surface area contributed by atoms with Crippen molar-refractivity contribution < 1.29 is 13.6 Å². The van der Waals surface area contributed by atoms with Gasteiger partial charge in [-0.15, -0.1) is 0 Å². The minimum absolute atomic E-state index is 0.0686. The van der Waals surface area contributed by atoms with Gasteiger partial charge in [-0.25, -0.2) is 13.8 Å². The van der Waals surface area contributed by atoms with Crippen LogP contribution in [0.3, 0.4) is 0 Å². The molecule has 0 bridgehead atoms. The molecule has 7 heteroatoms. The summed E-state index contributed by atoms with van der Waals surface area (Å²) in [7, 11) is 1.79. The van der Waals surface area contributed by atoms with Crippen LogP contribution in [0.5, 0.6) is 0 Å². The van der Waals surface area contributed by atoms with E-state index in [9.17, 15) is 13.6 Å². The first kappa shape index (κ1) is 15.0. The highest BCUT2D eigenvalue weighted by Gasteiger charge is 2.15. The molecule has 0 fully saturated rings. The molecule has 1 aromatic carbocycles. The summed E-state index contributed by atoms with van der Waals surface area (Å²) in [5.41, 5.74) is -0.293. The van der Waals surface area contributed by atoms with Crippen molar-refractivity contribution in [1.29, 1.82) is 0 Å². The van der Waals surface area contributed by atoms with Gasteiger partial charge >= 0.3 is 0 Å². The normalized spacial score (nSPS) is 10.5. The number of hydrogen-bond acceptors (Lipinski definition) is 3. The summed E-state index contributed by atoms with van der Waals surface area (Å²) in [4.78, 5) is 16.0. The first-order valence-corrected chi connectivity index (χ1v) is 6.50. The molecule has 2 N–H and O–H groups in total. The van der Waals surface area contributed by atoms with Gasteiger partial charge in [0.2, 0.25) is 0 Å². The summed E-state index contributed by atoms with van der Waals surface area (Å²) in [5.74, 6) is -1.50. The van der Waals surface area contributed by atoms with E-state index in [1.807, 2.05) is 0 Å². The van der Waals surface area contributed by atoms with Crippen LogP contribution in [-0.4, -0.2) is 22.0 Å². The van der Waals surface area contributed by atoms with E-state index in [1.165, 1.54) is 0 Å². The van der Waals surface area contributed by atoms with Crippen molar-refractivity contribution >= 4 is 11.6 Å². The van der Waals surface area contributed by atoms with Gasteiger partial charge in [0.25, 0.3) is 5.91 Å². The molecule has 0 saturated heterocycles. The lowest BCUT2D eigenvalue weighted by Gasteiger charge is -2.09. The van der Waals surface area contributed by atoms with Crippen molar-refractivity contribution in [2.45, 2.75) is 13.5 Å². The van der Waals surface area contributed by atoms with Gasteiger partial charge in [0.05, 0.1) is 6.54 Å². The minimum Gasteiger partial charge on any atom is -0.381 e. The fraction of sp³-hybridized carbons (Fsp3) is 0.286. The van der Waals surface area contributed by atoms with E-state index >= 15 is 0 Å². The highest BCUT2D eigenvalue weighted by atomic mass is 19.1. The number of amides is 1. The number of nitrogens with zero attached hydrogens (tertiary/aromatic N) is 2. The second-order valence-corrected chi connectivity index (χ2v) is 4.48. The van der Waals surface area contributed by atoms with Crippen molar-refractivity contribution in [1.82, 2.24) is 14.9 Å². The monoisotopic (exact) mass is 294 g/mol. The van der Waals surface area contributed by atoms with E-state index in [-0.39, 0.29) is 17.8 Å². The van der Waals surface area contributed by atoms with Crippen LogP contribution in [0.25, 0.3) is 0 Å². The number of anilines is 1. The Morgan fingerprint density at radius 3 is 2.52 bits per heavy atom. The lowest BCUT2D eigenvalue weighted by Crippen LogP contribution is -2.24. The predicted molar refractivity (Wildman–Crippen MR) is 74.9 cm³/mol. The van der Waals surface area contributed by atoms with Crippen LogP contribution in [0.4, 0.5) is 14.5 Å². The average Bonchev–Trinajstić information content (AvgIpc) is 2.85. The topological polar surface area (TPSA) is 59.0 Å². The van der Waals surface area contributed by atoms with Crippen molar-refractivity contribution in [3.63, 3.8) is 0 Å². The van der Waals surface area contributed by atoms with Gasteiger partial charge in [0, 0.05) is 31.5 Å². The van der Waals surface area contributed by atoms with Crippen LogP contribution < -0.4 is 10.6 Å². The van der Waals surface area contributed by atoms with Gasteiger partial charge < -0.3 is 15.2 Å². The average molecular weight is 294 g/mol. The van der Waals surface area contributed by atoms with Crippen LogP contribution in [-0.2, 0) is 13.6 Å². The zero-order valence-corrected chi connectivity index (χ0v) is 11.8. The maximum atomic E-state index is 13.7. The summed E-state index contributed by atoms with van der Waals surface area (Å²) in [6.07, 6.45) is 3.35. The number of halogens is 2. The number of carbonyl (C=O) groups is 1. The quantitative estimate of drug-likeness (QED) is 0.887. The number of nitrogens with one attached hydrogen (secondary N) is 2. The molecular weight excluding hydrogens is 278 g/mol. The number of aryl methyl sites for hydroxylation is 1. The minimum atomic E-state index is -0.793. The van der Waals surface area contributed by atoms with Gasteiger partial charge in [-0.3, -0.25) is 4.79 Å². The summed E-state index contributed by atoms with van der Waals surface area (Å²) in [5, 5.41) is 5.15. The molecule has 0 radical (unpaired) electrons. The Morgan fingerprint density at radius 1 is 1.33 bits per heavy atom. The van der Waals surface area contributed by atoms with Crippen molar-refractivity contribution in [2.75, 3.05) is 11.9 Å². The highest BCUT2D eigenvalue weighted by Crippen LogP contribution is 2.20. The van der Waals surface area contributed by atoms with Gasteiger partial charge in [-0.2, -0.15) is 0 Å². The molecular formula is C14H16F2N4O. The molecule has 2 aromatic rings. The van der Waals surface area contributed by atoms with E-state index in [0.29, 0.717) is 12.4 Å². The number of carbonyl (C=O) groups excluding carboxylic acids is 1. The lowest BCUT2D eigenvalue weighted by molar-refractivity contribution is 0.0948. The number of rotatable bonds is 5. The molecule has 5 nitrogen and oxygen atoms in total. The Kier molecular flexibility index (Phi) is 4.52. The highest BCUT2D eigenvalue weighted by molar-refractivity contribution is 5.94. The first-order chi connectivity index (χ1) is 10.0. The maximum Gasteiger partial charge on any atom is 0.251 e. The Labute approximate surface area is 121 Å². The molecule has 0 aliphatic rings. The van der Waals surface area contributed by atoms with E-state index in [2.05, 4.69) is 15.6 Å². The van der Waals surface area contributed by atoms with Gasteiger partial charge in [-0.1, -0.05) is 0 Å². The Hall–Kier alpha value is -2.44. The molecule has 0 aliphatic heterocycles. The largest absolute Gasteiger partial charge is 0.381 e. The summed E-state index contributed by atoms with van der Waals surface area (Å²) in [6, 6.07) is 2.02. The standard InChI is InChI=1S/C14H16F2N4O/c1-3-17-13-10(15)6-9(7-11(13)16)14(21)19-8-12-18-4-5-20(12)2/h4-7,17H,3,8H2,1-2H3,(H,19,21). The van der Waals surface area contributed by atoms with Gasteiger partial charge in [0.1, 0.15) is 23.1 Å². The molecule has 1 amide bonds. The fourth-order valence-electron chi connectivity index (χ4n) is 1.88. The van der Waals surface area contributed by atoms with Crippen LogP contribution >= 0.6 is 0 Å². The second-order valence-electron chi connectivity index (χ2n) is 4.48. The van der Waals surface area contributed by atoms with E-state index in [0.717, 1.165) is 12.1 Å². The van der Waals surface area contributed by atoms with Gasteiger partial charge in [-0.05, 0) is 19.1 Å². The molecule has 2 rings (SSSR count). The molecule has 1 heterocycles. The first-order valence-electron chi connectivity index (χ1n) is 6.50. The third-order valence-electron chi connectivity index (χ3n) is 2.99. The number of hydrogen-bond donors (Lipinski definition) is 2. The predicted octanol–water partition coefficient (Wildman–Crippen LogP) is 2.06. The van der Waals surface area contributed by atoms with E-state index in [4.69, 9.17) is 0 Å². The van der Waals surface area contributed by atoms with Crippen molar-refractivity contribution in [2.24, 2.45) is 7.05 Å². The third-order valence-corrected chi connectivity index (χ3v) is 2.99. The molecule has 21 heavy (non-hydrogen) atoms. The van der Waals surface area contributed by atoms with E-state index in [1.54, 1.807) is 30.9 Å². The molecule has 0 aliphatic carbocycles. The summed E-state index contributed by atoms with van der Waals surface area (Å²) < 4.78 is 29.2. The Morgan fingerprint density at radius 2 is 2.00 bits per heavy atom. The number of imidazole rings is 1. The van der Waals surface area contributed by atoms with E-state index < -0.39 is 17.5 Å².